The van der Waals surface area contributed by atoms with Gasteiger partial charge in [-0.15, -0.1) is 0 Å². The van der Waals surface area contributed by atoms with Crippen LogP contribution in [0, 0.1) is 13.8 Å². The Balaban J connectivity index is 1.75. The molecule has 1 aromatic heterocycles. The molecule has 120 valence electrons. The van der Waals surface area contributed by atoms with Crippen molar-refractivity contribution in [3.63, 3.8) is 0 Å². The molecule has 3 rings (SSSR count). The molecule has 1 amide bonds. The van der Waals surface area contributed by atoms with E-state index in [0.717, 1.165) is 30.0 Å². The Morgan fingerprint density at radius 3 is 2.48 bits per heavy atom. The Morgan fingerprint density at radius 1 is 1.09 bits per heavy atom. The molecule has 1 N–H and O–H groups in total. The summed E-state index contributed by atoms with van der Waals surface area (Å²) in [5.41, 5.74) is 2.76. The number of anilines is 2. The van der Waals surface area contributed by atoms with Gasteiger partial charge in [0.1, 0.15) is 18.0 Å². The normalized spacial score (nSPS) is 14.6. The maximum atomic E-state index is 12.4. The van der Waals surface area contributed by atoms with Gasteiger partial charge in [-0.1, -0.05) is 17.2 Å². The van der Waals surface area contributed by atoms with Crippen LogP contribution in [0.1, 0.15) is 21.5 Å². The number of carbonyl (C=O) groups excluding carboxylic acids is 1. The molecule has 6 nitrogen and oxygen atoms in total. The lowest BCUT2D eigenvalue weighted by Crippen LogP contribution is -2.36. The maximum Gasteiger partial charge on any atom is 0.256 e. The van der Waals surface area contributed by atoms with Crippen LogP contribution in [0.4, 0.5) is 11.6 Å². The second-order valence-electron chi connectivity index (χ2n) is 5.69. The molecule has 1 aromatic carbocycles. The van der Waals surface area contributed by atoms with E-state index in [-0.39, 0.29) is 5.91 Å². The summed E-state index contributed by atoms with van der Waals surface area (Å²) in [6.45, 7) is 6.92. The highest BCUT2D eigenvalue weighted by Gasteiger charge is 2.14. The quantitative estimate of drug-likeness (QED) is 0.941. The predicted octanol–water partition coefficient (Wildman–Crippen LogP) is 2.18. The molecule has 0 spiro atoms. The molecule has 1 fully saturated rings. The third-order valence-electron chi connectivity index (χ3n) is 3.71. The average Bonchev–Trinajstić information content (AvgIpc) is 2.55. The van der Waals surface area contributed by atoms with E-state index in [9.17, 15) is 4.79 Å². The summed E-state index contributed by atoms with van der Waals surface area (Å²) < 4.78 is 5.34. The number of hydrogen-bond donors (Lipinski definition) is 1. The molecular formula is C17H20N4O2. The van der Waals surface area contributed by atoms with Gasteiger partial charge in [-0.25, -0.2) is 9.97 Å². The highest BCUT2D eigenvalue weighted by molar-refractivity contribution is 6.04. The van der Waals surface area contributed by atoms with Crippen LogP contribution >= 0.6 is 0 Å². The van der Waals surface area contributed by atoms with E-state index in [0.29, 0.717) is 24.6 Å². The lowest BCUT2D eigenvalue weighted by molar-refractivity contribution is 0.102. The van der Waals surface area contributed by atoms with E-state index in [4.69, 9.17) is 4.74 Å². The van der Waals surface area contributed by atoms with Crippen LogP contribution in [0.2, 0.25) is 0 Å². The Bertz CT molecular complexity index is 691. The van der Waals surface area contributed by atoms with Gasteiger partial charge in [-0.2, -0.15) is 0 Å². The van der Waals surface area contributed by atoms with E-state index in [1.165, 1.54) is 6.33 Å². The van der Waals surface area contributed by atoms with Gasteiger partial charge in [0.25, 0.3) is 5.91 Å². The monoisotopic (exact) mass is 312 g/mol. The fraction of sp³-hybridized carbons (Fsp3) is 0.353. The Kier molecular flexibility index (Phi) is 4.52. The first kappa shape index (κ1) is 15.4. The number of carbonyl (C=O) groups is 1. The number of hydrogen-bond acceptors (Lipinski definition) is 5. The van der Waals surface area contributed by atoms with Gasteiger partial charge in [-0.3, -0.25) is 4.79 Å². The zero-order chi connectivity index (χ0) is 16.2. The van der Waals surface area contributed by atoms with Gasteiger partial charge in [0, 0.05) is 24.7 Å². The number of amides is 1. The minimum atomic E-state index is -0.163. The third kappa shape index (κ3) is 3.84. The molecule has 0 saturated carbocycles. The predicted molar refractivity (Wildman–Crippen MR) is 88.9 cm³/mol. The summed E-state index contributed by atoms with van der Waals surface area (Å²) >= 11 is 0. The van der Waals surface area contributed by atoms with Crippen molar-refractivity contribution >= 4 is 17.5 Å². The van der Waals surface area contributed by atoms with Crippen molar-refractivity contribution in [3.05, 3.63) is 47.3 Å². The fourth-order valence-corrected chi connectivity index (χ4v) is 2.68. The fourth-order valence-electron chi connectivity index (χ4n) is 2.68. The molecule has 23 heavy (non-hydrogen) atoms. The Hall–Kier alpha value is -2.47. The molecule has 2 aromatic rings. The van der Waals surface area contributed by atoms with Gasteiger partial charge in [-0.05, 0) is 26.0 Å². The van der Waals surface area contributed by atoms with Crippen molar-refractivity contribution in [3.8, 4) is 0 Å². The smallest absolute Gasteiger partial charge is 0.256 e. The van der Waals surface area contributed by atoms with Crippen LogP contribution in [0.5, 0.6) is 0 Å². The van der Waals surface area contributed by atoms with Crippen molar-refractivity contribution in [1.82, 2.24) is 9.97 Å². The maximum absolute atomic E-state index is 12.4. The molecule has 0 bridgehead atoms. The number of benzene rings is 1. The van der Waals surface area contributed by atoms with E-state index in [1.807, 2.05) is 32.0 Å². The Morgan fingerprint density at radius 2 is 1.78 bits per heavy atom. The molecule has 0 aliphatic carbocycles. The number of aromatic nitrogens is 2. The van der Waals surface area contributed by atoms with Gasteiger partial charge >= 0.3 is 0 Å². The van der Waals surface area contributed by atoms with E-state index in [1.54, 1.807) is 6.07 Å². The average molecular weight is 312 g/mol. The van der Waals surface area contributed by atoms with E-state index in [2.05, 4.69) is 20.2 Å². The van der Waals surface area contributed by atoms with Crippen LogP contribution in [0.3, 0.4) is 0 Å². The highest BCUT2D eigenvalue weighted by Crippen LogP contribution is 2.17. The number of rotatable bonds is 3. The first-order valence-electron chi connectivity index (χ1n) is 7.66. The van der Waals surface area contributed by atoms with Crippen molar-refractivity contribution in [2.75, 3.05) is 36.5 Å². The molecular weight excluding hydrogens is 292 g/mol. The summed E-state index contributed by atoms with van der Waals surface area (Å²) in [5.74, 6) is 1.15. The van der Waals surface area contributed by atoms with Crippen LogP contribution in [-0.4, -0.2) is 42.2 Å². The lowest BCUT2D eigenvalue weighted by Gasteiger charge is -2.27. The molecule has 0 atom stereocenters. The van der Waals surface area contributed by atoms with Gasteiger partial charge in [0.2, 0.25) is 0 Å². The molecule has 1 aliphatic heterocycles. The lowest BCUT2D eigenvalue weighted by atomic mass is 10.1. The Labute approximate surface area is 135 Å². The highest BCUT2D eigenvalue weighted by atomic mass is 16.5. The van der Waals surface area contributed by atoms with Crippen molar-refractivity contribution < 1.29 is 9.53 Å². The largest absolute Gasteiger partial charge is 0.378 e. The zero-order valence-corrected chi connectivity index (χ0v) is 13.4. The van der Waals surface area contributed by atoms with Crippen LogP contribution < -0.4 is 10.2 Å². The molecule has 1 aliphatic rings. The van der Waals surface area contributed by atoms with Crippen molar-refractivity contribution in [2.45, 2.75) is 13.8 Å². The summed E-state index contributed by atoms with van der Waals surface area (Å²) in [6.07, 6.45) is 1.47. The topological polar surface area (TPSA) is 67.4 Å². The SMILES string of the molecule is Cc1cc(C)cc(C(=O)Nc2cc(N3CCOCC3)ncn2)c1. The minimum absolute atomic E-state index is 0.163. The second kappa shape index (κ2) is 6.75. The molecule has 0 unspecified atom stereocenters. The first-order valence-corrected chi connectivity index (χ1v) is 7.66. The zero-order valence-electron chi connectivity index (χ0n) is 13.4. The van der Waals surface area contributed by atoms with E-state index >= 15 is 0 Å². The number of nitrogens with one attached hydrogen (secondary N) is 1. The minimum Gasteiger partial charge on any atom is -0.378 e. The van der Waals surface area contributed by atoms with Gasteiger partial charge in [0.05, 0.1) is 13.2 Å². The van der Waals surface area contributed by atoms with Crippen LogP contribution in [0.25, 0.3) is 0 Å². The molecule has 6 heteroatoms. The van der Waals surface area contributed by atoms with Gasteiger partial charge < -0.3 is 15.0 Å². The molecule has 1 saturated heterocycles. The summed E-state index contributed by atoms with van der Waals surface area (Å²) in [6, 6.07) is 7.57. The number of nitrogens with zero attached hydrogens (tertiary/aromatic N) is 3. The number of morpholine rings is 1. The van der Waals surface area contributed by atoms with Crippen LogP contribution in [0.15, 0.2) is 30.6 Å². The molecule has 0 radical (unpaired) electrons. The second-order valence-corrected chi connectivity index (χ2v) is 5.69. The van der Waals surface area contributed by atoms with E-state index < -0.39 is 0 Å². The summed E-state index contributed by atoms with van der Waals surface area (Å²) in [4.78, 5) is 22.9. The summed E-state index contributed by atoms with van der Waals surface area (Å²) in [5, 5.41) is 2.84. The standard InChI is InChI=1S/C17H20N4O2/c1-12-7-13(2)9-14(8-12)17(22)20-15-10-16(19-11-18-15)21-3-5-23-6-4-21/h7-11H,3-6H2,1-2H3,(H,18,19,20,22). The van der Waals surface area contributed by atoms with Gasteiger partial charge in [0.15, 0.2) is 0 Å². The number of ether oxygens (including phenoxy) is 1. The number of aryl methyl sites for hydroxylation is 2. The van der Waals surface area contributed by atoms with Crippen molar-refractivity contribution in [1.29, 1.82) is 0 Å². The van der Waals surface area contributed by atoms with Crippen LogP contribution in [-0.2, 0) is 4.74 Å². The third-order valence-corrected chi connectivity index (χ3v) is 3.71. The first-order chi connectivity index (χ1) is 11.1. The van der Waals surface area contributed by atoms with Crippen molar-refractivity contribution in [2.24, 2.45) is 0 Å². The molecule has 2 heterocycles. The summed E-state index contributed by atoms with van der Waals surface area (Å²) in [7, 11) is 0.